The lowest BCUT2D eigenvalue weighted by Crippen LogP contribution is -2.15. The van der Waals surface area contributed by atoms with Crippen molar-refractivity contribution in [2.24, 2.45) is 0 Å². The number of carboxylic acids is 1. The van der Waals surface area contributed by atoms with Gasteiger partial charge in [-0.1, -0.05) is 6.07 Å². The van der Waals surface area contributed by atoms with E-state index >= 15 is 0 Å². The number of benzene rings is 1. The van der Waals surface area contributed by atoms with Gasteiger partial charge >= 0.3 is 5.97 Å². The molecule has 6 heteroatoms. The lowest BCUT2D eigenvalue weighted by molar-refractivity contribution is 0.0695. The van der Waals surface area contributed by atoms with E-state index in [4.69, 9.17) is 5.11 Å². The Bertz CT molecular complexity index is 937. The predicted molar refractivity (Wildman–Crippen MR) is 82.3 cm³/mol. The van der Waals surface area contributed by atoms with Crippen molar-refractivity contribution in [1.29, 1.82) is 0 Å². The SMILES string of the molecule is Cc1cc(C)n(Cc2ccc3[nH]cc(C(=O)O)c(=O)c3c2)n1. The van der Waals surface area contributed by atoms with Gasteiger partial charge in [0.05, 0.1) is 12.2 Å². The van der Waals surface area contributed by atoms with Crippen LogP contribution in [0.3, 0.4) is 0 Å². The number of hydrogen-bond donors (Lipinski definition) is 2. The van der Waals surface area contributed by atoms with Crippen molar-refractivity contribution in [3.05, 3.63) is 63.2 Å². The van der Waals surface area contributed by atoms with Crippen LogP contribution in [0, 0.1) is 13.8 Å². The summed E-state index contributed by atoms with van der Waals surface area (Å²) in [4.78, 5) is 26.1. The Morgan fingerprint density at radius 2 is 2.09 bits per heavy atom. The van der Waals surface area contributed by atoms with E-state index in [1.54, 1.807) is 12.1 Å². The second-order valence-corrected chi connectivity index (χ2v) is 5.30. The fourth-order valence-electron chi connectivity index (χ4n) is 2.53. The molecule has 1 aromatic carbocycles. The van der Waals surface area contributed by atoms with Gasteiger partial charge in [0.15, 0.2) is 0 Å². The molecule has 0 radical (unpaired) electrons. The normalized spacial score (nSPS) is 11.0. The lowest BCUT2D eigenvalue weighted by atomic mass is 10.1. The zero-order valence-corrected chi connectivity index (χ0v) is 12.3. The van der Waals surface area contributed by atoms with Crippen molar-refractivity contribution in [3.63, 3.8) is 0 Å². The summed E-state index contributed by atoms with van der Waals surface area (Å²) in [5.74, 6) is -1.23. The first-order valence-corrected chi connectivity index (χ1v) is 6.84. The number of aromatic carboxylic acids is 1. The number of pyridine rings is 1. The molecule has 0 amide bonds. The van der Waals surface area contributed by atoms with Gasteiger partial charge in [-0.25, -0.2) is 4.79 Å². The number of aryl methyl sites for hydroxylation is 2. The first-order chi connectivity index (χ1) is 10.5. The van der Waals surface area contributed by atoms with E-state index < -0.39 is 11.4 Å². The Hall–Kier alpha value is -2.89. The average Bonchev–Trinajstić information content (AvgIpc) is 2.77. The number of carbonyl (C=O) groups is 1. The molecular weight excluding hydrogens is 282 g/mol. The van der Waals surface area contributed by atoms with E-state index in [-0.39, 0.29) is 5.56 Å². The van der Waals surface area contributed by atoms with Crippen molar-refractivity contribution in [2.75, 3.05) is 0 Å². The molecule has 0 bridgehead atoms. The number of carboxylic acid groups (broad SMARTS) is 1. The molecule has 112 valence electrons. The van der Waals surface area contributed by atoms with Crippen molar-refractivity contribution in [3.8, 4) is 0 Å². The number of aromatic nitrogens is 3. The molecule has 0 aliphatic heterocycles. The van der Waals surface area contributed by atoms with Crippen LogP contribution in [0.5, 0.6) is 0 Å². The largest absolute Gasteiger partial charge is 0.477 e. The van der Waals surface area contributed by atoms with Crippen LogP contribution in [0.15, 0.2) is 35.3 Å². The molecule has 0 aliphatic rings. The fourth-order valence-corrected chi connectivity index (χ4v) is 2.53. The Balaban J connectivity index is 2.09. The monoisotopic (exact) mass is 297 g/mol. The Kier molecular flexibility index (Phi) is 3.29. The highest BCUT2D eigenvalue weighted by molar-refractivity contribution is 5.92. The van der Waals surface area contributed by atoms with Gasteiger partial charge in [-0.3, -0.25) is 9.48 Å². The molecule has 3 rings (SSSR count). The topological polar surface area (TPSA) is 88.0 Å². The average molecular weight is 297 g/mol. The van der Waals surface area contributed by atoms with Crippen LogP contribution in [-0.4, -0.2) is 25.8 Å². The molecular formula is C16H15N3O3. The van der Waals surface area contributed by atoms with Crippen LogP contribution in [0.1, 0.15) is 27.3 Å². The van der Waals surface area contributed by atoms with Crippen LogP contribution >= 0.6 is 0 Å². The number of H-pyrrole nitrogens is 1. The zero-order chi connectivity index (χ0) is 15.9. The number of nitrogens with zero attached hydrogens (tertiary/aromatic N) is 2. The van der Waals surface area contributed by atoms with Crippen LogP contribution in [0.2, 0.25) is 0 Å². The maximum atomic E-state index is 12.2. The highest BCUT2D eigenvalue weighted by Crippen LogP contribution is 2.13. The second-order valence-electron chi connectivity index (χ2n) is 5.30. The van der Waals surface area contributed by atoms with Crippen molar-refractivity contribution >= 4 is 16.9 Å². The van der Waals surface area contributed by atoms with Gasteiger partial charge in [-0.2, -0.15) is 5.10 Å². The van der Waals surface area contributed by atoms with Crippen molar-refractivity contribution in [1.82, 2.24) is 14.8 Å². The zero-order valence-electron chi connectivity index (χ0n) is 12.3. The first-order valence-electron chi connectivity index (χ1n) is 6.84. The second kappa shape index (κ2) is 5.14. The summed E-state index contributed by atoms with van der Waals surface area (Å²) in [5, 5.41) is 13.8. The van der Waals surface area contributed by atoms with Gasteiger partial charge < -0.3 is 10.1 Å². The van der Waals surface area contributed by atoms with E-state index in [0.29, 0.717) is 17.4 Å². The summed E-state index contributed by atoms with van der Waals surface area (Å²) < 4.78 is 1.85. The van der Waals surface area contributed by atoms with E-state index in [1.807, 2.05) is 30.7 Å². The minimum atomic E-state index is -1.23. The van der Waals surface area contributed by atoms with Gasteiger partial charge in [0.25, 0.3) is 0 Å². The highest BCUT2D eigenvalue weighted by Gasteiger charge is 2.12. The number of aromatic amines is 1. The molecule has 2 N–H and O–H groups in total. The van der Waals surface area contributed by atoms with E-state index in [0.717, 1.165) is 17.0 Å². The maximum absolute atomic E-state index is 12.2. The number of rotatable bonds is 3. The molecule has 0 aliphatic carbocycles. The molecule has 3 aromatic rings. The third-order valence-electron chi connectivity index (χ3n) is 3.61. The molecule has 0 saturated carbocycles. The van der Waals surface area contributed by atoms with E-state index in [1.165, 1.54) is 6.20 Å². The maximum Gasteiger partial charge on any atom is 0.341 e. The third-order valence-corrected chi connectivity index (χ3v) is 3.61. The van der Waals surface area contributed by atoms with E-state index in [9.17, 15) is 9.59 Å². The molecule has 6 nitrogen and oxygen atoms in total. The van der Waals surface area contributed by atoms with Gasteiger partial charge in [0, 0.05) is 22.8 Å². The predicted octanol–water partition coefficient (Wildman–Crippen LogP) is 2.09. The minimum Gasteiger partial charge on any atom is -0.477 e. The van der Waals surface area contributed by atoms with E-state index in [2.05, 4.69) is 10.1 Å². The minimum absolute atomic E-state index is 0.254. The Labute approximate surface area is 126 Å². The Morgan fingerprint density at radius 3 is 2.73 bits per heavy atom. The Morgan fingerprint density at radius 1 is 1.32 bits per heavy atom. The van der Waals surface area contributed by atoms with Crippen LogP contribution < -0.4 is 5.43 Å². The van der Waals surface area contributed by atoms with Crippen LogP contribution in [0.4, 0.5) is 0 Å². The van der Waals surface area contributed by atoms with Crippen molar-refractivity contribution < 1.29 is 9.90 Å². The summed E-state index contributed by atoms with van der Waals surface area (Å²) >= 11 is 0. The lowest BCUT2D eigenvalue weighted by Gasteiger charge is -2.06. The summed E-state index contributed by atoms with van der Waals surface area (Å²) in [5.41, 5.74) is 2.75. The fraction of sp³-hybridized carbons (Fsp3) is 0.188. The molecule has 0 unspecified atom stereocenters. The molecule has 2 heterocycles. The quantitative estimate of drug-likeness (QED) is 0.774. The highest BCUT2D eigenvalue weighted by atomic mass is 16.4. The third kappa shape index (κ3) is 2.39. The number of fused-ring (bicyclic) bond motifs is 1. The molecule has 2 aromatic heterocycles. The smallest absolute Gasteiger partial charge is 0.341 e. The number of hydrogen-bond acceptors (Lipinski definition) is 3. The summed E-state index contributed by atoms with van der Waals surface area (Å²) in [6.07, 6.45) is 1.23. The summed E-state index contributed by atoms with van der Waals surface area (Å²) in [7, 11) is 0. The van der Waals surface area contributed by atoms with Gasteiger partial charge in [-0.15, -0.1) is 0 Å². The first kappa shape index (κ1) is 14.1. The van der Waals surface area contributed by atoms with Crippen LogP contribution in [-0.2, 0) is 6.54 Å². The molecule has 22 heavy (non-hydrogen) atoms. The van der Waals surface area contributed by atoms with Gasteiger partial charge in [-0.05, 0) is 37.6 Å². The molecule has 0 saturated heterocycles. The summed E-state index contributed by atoms with van der Waals surface area (Å²) in [6, 6.07) is 7.38. The van der Waals surface area contributed by atoms with Crippen molar-refractivity contribution in [2.45, 2.75) is 20.4 Å². The summed E-state index contributed by atoms with van der Waals surface area (Å²) in [6.45, 7) is 4.43. The van der Waals surface area contributed by atoms with Gasteiger partial charge in [0.2, 0.25) is 5.43 Å². The molecule has 0 atom stereocenters. The number of nitrogens with one attached hydrogen (secondary N) is 1. The van der Waals surface area contributed by atoms with Crippen LogP contribution in [0.25, 0.3) is 10.9 Å². The standard InChI is InChI=1S/C16H15N3O3/c1-9-5-10(2)19(18-9)8-11-3-4-14-12(6-11)15(20)13(7-17-14)16(21)22/h3-7H,8H2,1-2H3,(H,17,20)(H,21,22). The molecule has 0 fully saturated rings. The van der Waals surface area contributed by atoms with Gasteiger partial charge in [0.1, 0.15) is 5.56 Å². The molecule has 0 spiro atoms.